The van der Waals surface area contributed by atoms with Crippen LogP contribution in [0.1, 0.15) is 36.4 Å². The van der Waals surface area contributed by atoms with Crippen LogP contribution < -0.4 is 16.8 Å². The van der Waals surface area contributed by atoms with E-state index in [1.54, 1.807) is 6.20 Å². The Bertz CT molecular complexity index is 1270. The third-order valence-electron chi connectivity index (χ3n) is 6.02. The second-order valence-corrected chi connectivity index (χ2v) is 8.19. The van der Waals surface area contributed by atoms with Crippen LogP contribution in [0.2, 0.25) is 0 Å². The van der Waals surface area contributed by atoms with Gasteiger partial charge < -0.3 is 16.8 Å². The molecule has 150 valence electrons. The van der Waals surface area contributed by atoms with Gasteiger partial charge in [-0.25, -0.2) is 15.0 Å². The first kappa shape index (κ1) is 17.4. The molecule has 3 heterocycles. The van der Waals surface area contributed by atoms with E-state index in [2.05, 4.69) is 33.1 Å². The summed E-state index contributed by atoms with van der Waals surface area (Å²) in [6.45, 7) is 0. The summed E-state index contributed by atoms with van der Waals surface area (Å²) in [6.07, 6.45) is 6.06. The number of imidazole rings is 1. The molecule has 0 saturated heterocycles. The molecule has 1 saturated carbocycles. The summed E-state index contributed by atoms with van der Waals surface area (Å²) in [5.41, 5.74) is 18.4. The first-order valence-electron chi connectivity index (χ1n) is 10.4. The van der Waals surface area contributed by atoms with E-state index in [0.717, 1.165) is 46.9 Å². The molecule has 2 aliphatic carbocycles. The summed E-state index contributed by atoms with van der Waals surface area (Å²) in [6, 6.07) is 14.9. The zero-order valence-electron chi connectivity index (χ0n) is 16.5. The van der Waals surface area contributed by atoms with Gasteiger partial charge in [0, 0.05) is 24.0 Å². The predicted octanol–water partition coefficient (Wildman–Crippen LogP) is 3.59. The highest BCUT2D eigenvalue weighted by Gasteiger charge is 2.24. The minimum atomic E-state index is 0.120. The first-order chi connectivity index (χ1) is 14.7. The summed E-state index contributed by atoms with van der Waals surface area (Å²) < 4.78 is 2.09. The van der Waals surface area contributed by atoms with Gasteiger partial charge in [0.25, 0.3) is 0 Å². The van der Waals surface area contributed by atoms with Gasteiger partial charge in [-0.15, -0.1) is 0 Å². The smallest absolute Gasteiger partial charge is 0.167 e. The van der Waals surface area contributed by atoms with E-state index < -0.39 is 0 Å². The van der Waals surface area contributed by atoms with Crippen LogP contribution in [0.25, 0.3) is 28.2 Å². The Balaban J connectivity index is 1.59. The average Bonchev–Trinajstić information content (AvgIpc) is 3.38. The van der Waals surface area contributed by atoms with Crippen LogP contribution in [-0.4, -0.2) is 25.6 Å². The number of rotatable bonds is 4. The van der Waals surface area contributed by atoms with E-state index in [1.807, 2.05) is 24.3 Å². The molecule has 3 aromatic heterocycles. The number of nitrogens with zero attached hydrogens (tertiary/aromatic N) is 4. The van der Waals surface area contributed by atoms with E-state index in [-0.39, 0.29) is 6.04 Å². The molecule has 0 radical (unpaired) electrons. The average molecular weight is 397 g/mol. The largest absolute Gasteiger partial charge is 0.383 e. The molecule has 1 aromatic carbocycles. The van der Waals surface area contributed by atoms with Crippen molar-refractivity contribution in [2.24, 2.45) is 5.73 Å². The van der Waals surface area contributed by atoms with Crippen LogP contribution in [0.4, 0.5) is 11.6 Å². The lowest BCUT2D eigenvalue weighted by atomic mass is 10.1. The molecule has 2 aliphatic rings. The van der Waals surface area contributed by atoms with Crippen molar-refractivity contribution < 1.29 is 0 Å². The normalized spacial score (nSPS) is 18.0. The molecule has 0 unspecified atom stereocenters. The minimum Gasteiger partial charge on any atom is -0.383 e. The second kappa shape index (κ2) is 6.53. The molecule has 0 amide bonds. The van der Waals surface area contributed by atoms with Crippen molar-refractivity contribution in [1.82, 2.24) is 19.5 Å². The maximum absolute atomic E-state index is 6.25. The Hall–Kier alpha value is -3.45. The molecule has 6 rings (SSSR count). The topological polar surface area (TPSA) is 108 Å². The highest BCUT2D eigenvalue weighted by Crippen LogP contribution is 2.35. The number of nitrogens with one attached hydrogen (secondary N) is 1. The van der Waals surface area contributed by atoms with E-state index >= 15 is 0 Å². The third-order valence-corrected chi connectivity index (χ3v) is 6.02. The summed E-state index contributed by atoms with van der Waals surface area (Å²) in [5.74, 6) is 2.07. The van der Waals surface area contributed by atoms with Crippen molar-refractivity contribution in [2.45, 2.75) is 37.8 Å². The lowest BCUT2D eigenvalue weighted by Gasteiger charge is -2.13. The third kappa shape index (κ3) is 2.81. The van der Waals surface area contributed by atoms with Crippen molar-refractivity contribution >= 4 is 22.8 Å². The van der Waals surface area contributed by atoms with E-state index in [9.17, 15) is 0 Å². The van der Waals surface area contributed by atoms with E-state index in [1.165, 1.54) is 24.0 Å². The molecule has 1 fully saturated rings. The van der Waals surface area contributed by atoms with Gasteiger partial charge in [0.1, 0.15) is 17.2 Å². The Morgan fingerprint density at radius 3 is 2.77 bits per heavy atom. The fraction of sp³-hybridized carbons (Fsp3) is 0.261. The Kier molecular flexibility index (Phi) is 3.79. The number of aryl methyl sites for hydroxylation is 1. The number of benzene rings is 1. The summed E-state index contributed by atoms with van der Waals surface area (Å²) in [4.78, 5) is 14.1. The molecule has 7 heteroatoms. The van der Waals surface area contributed by atoms with Gasteiger partial charge in [-0.2, -0.15) is 0 Å². The molecule has 0 spiro atoms. The zero-order chi connectivity index (χ0) is 20.2. The van der Waals surface area contributed by atoms with Crippen LogP contribution in [0.5, 0.6) is 0 Å². The SMILES string of the molecule is Nc1ncccc1-c1nc2ccc(NC3CC3)nc2n1-c1ccc2c(c1)CC[C@@H]2N. The summed E-state index contributed by atoms with van der Waals surface area (Å²) >= 11 is 0. The molecular formula is C23H23N7. The lowest BCUT2D eigenvalue weighted by molar-refractivity contribution is 0.713. The van der Waals surface area contributed by atoms with Crippen molar-refractivity contribution in [3.63, 3.8) is 0 Å². The summed E-state index contributed by atoms with van der Waals surface area (Å²) in [5, 5.41) is 3.49. The van der Waals surface area contributed by atoms with E-state index in [0.29, 0.717) is 11.9 Å². The molecule has 0 aliphatic heterocycles. The van der Waals surface area contributed by atoms with Crippen LogP contribution in [-0.2, 0) is 6.42 Å². The lowest BCUT2D eigenvalue weighted by Crippen LogP contribution is -2.06. The van der Waals surface area contributed by atoms with Gasteiger partial charge in [-0.05, 0) is 73.2 Å². The van der Waals surface area contributed by atoms with Gasteiger partial charge in [-0.1, -0.05) is 6.07 Å². The van der Waals surface area contributed by atoms with Gasteiger partial charge in [0.2, 0.25) is 0 Å². The van der Waals surface area contributed by atoms with Crippen LogP contribution in [0, 0.1) is 0 Å². The number of hydrogen-bond acceptors (Lipinski definition) is 6. The molecule has 5 N–H and O–H groups in total. The standard InChI is InChI=1S/C23H23N7/c24-18-8-3-13-12-15(6-7-16(13)18)30-22(17-2-1-11-26-21(17)25)28-19-9-10-20(29-23(19)30)27-14-4-5-14/h1-2,6-7,9-12,14,18H,3-5,8,24H2,(H2,25,26)(H,27,29)/t18-/m0/s1. The minimum absolute atomic E-state index is 0.120. The fourth-order valence-electron chi connectivity index (χ4n) is 4.28. The number of anilines is 2. The molecule has 7 nitrogen and oxygen atoms in total. The summed E-state index contributed by atoms with van der Waals surface area (Å²) in [7, 11) is 0. The van der Waals surface area contributed by atoms with Crippen LogP contribution in [0.3, 0.4) is 0 Å². The van der Waals surface area contributed by atoms with Crippen LogP contribution in [0.15, 0.2) is 48.7 Å². The van der Waals surface area contributed by atoms with Crippen molar-refractivity contribution in [3.8, 4) is 17.1 Å². The number of pyridine rings is 2. The maximum Gasteiger partial charge on any atom is 0.167 e. The fourth-order valence-corrected chi connectivity index (χ4v) is 4.28. The maximum atomic E-state index is 6.25. The number of nitrogen functional groups attached to an aromatic ring is 1. The van der Waals surface area contributed by atoms with Gasteiger partial charge in [0.05, 0.1) is 5.56 Å². The highest BCUT2D eigenvalue weighted by molar-refractivity contribution is 5.84. The zero-order valence-corrected chi connectivity index (χ0v) is 16.5. The van der Waals surface area contributed by atoms with Crippen molar-refractivity contribution in [2.75, 3.05) is 11.1 Å². The number of nitrogens with two attached hydrogens (primary N) is 2. The molecular weight excluding hydrogens is 374 g/mol. The Morgan fingerprint density at radius 2 is 1.93 bits per heavy atom. The number of fused-ring (bicyclic) bond motifs is 2. The van der Waals surface area contributed by atoms with Crippen molar-refractivity contribution in [3.05, 3.63) is 59.8 Å². The number of hydrogen-bond donors (Lipinski definition) is 3. The molecule has 30 heavy (non-hydrogen) atoms. The molecule has 4 aromatic rings. The van der Waals surface area contributed by atoms with Gasteiger partial charge >= 0.3 is 0 Å². The second-order valence-electron chi connectivity index (χ2n) is 8.19. The highest BCUT2D eigenvalue weighted by atomic mass is 15.2. The van der Waals surface area contributed by atoms with Crippen molar-refractivity contribution in [1.29, 1.82) is 0 Å². The monoisotopic (exact) mass is 397 g/mol. The van der Waals surface area contributed by atoms with Gasteiger partial charge in [-0.3, -0.25) is 4.57 Å². The van der Waals surface area contributed by atoms with Gasteiger partial charge in [0.15, 0.2) is 11.5 Å². The van der Waals surface area contributed by atoms with Crippen LogP contribution >= 0.6 is 0 Å². The molecule has 1 atom stereocenters. The van der Waals surface area contributed by atoms with E-state index in [4.69, 9.17) is 21.4 Å². The number of aromatic nitrogens is 4. The first-order valence-corrected chi connectivity index (χ1v) is 10.4. The predicted molar refractivity (Wildman–Crippen MR) is 118 cm³/mol. The molecule has 0 bridgehead atoms. The Morgan fingerprint density at radius 1 is 1.03 bits per heavy atom. The Labute approximate surface area is 174 Å². The quantitative estimate of drug-likeness (QED) is 0.486.